The van der Waals surface area contributed by atoms with Gasteiger partial charge in [0.2, 0.25) is 5.82 Å². The van der Waals surface area contributed by atoms with Gasteiger partial charge in [-0.15, -0.1) is 0 Å². The monoisotopic (exact) mass is 526 g/mol. The molecule has 0 aliphatic carbocycles. The molecule has 0 spiro atoms. The minimum absolute atomic E-state index is 0.0956. The molecule has 0 fully saturated rings. The minimum atomic E-state index is -0.576. The molecule has 3 heterocycles. The van der Waals surface area contributed by atoms with Crippen LogP contribution in [0.2, 0.25) is 5.02 Å². The Bertz CT molecular complexity index is 1440. The van der Waals surface area contributed by atoms with Gasteiger partial charge < -0.3 is 13.7 Å². The van der Waals surface area contributed by atoms with Gasteiger partial charge in [0.25, 0.3) is 5.89 Å². The zero-order chi connectivity index (χ0) is 26.9. The number of esters is 1. The normalized spacial score (nSPS) is 12.0. The largest absolute Gasteiger partial charge is 0.460 e. The molecule has 4 rings (SSSR count). The van der Waals surface area contributed by atoms with Crippen molar-refractivity contribution < 1.29 is 18.4 Å². The fraction of sp³-hybridized carbons (Fsp3) is 0.429. The van der Waals surface area contributed by atoms with E-state index < -0.39 is 11.4 Å². The van der Waals surface area contributed by atoms with Crippen molar-refractivity contribution in [3.63, 3.8) is 0 Å². The van der Waals surface area contributed by atoms with Gasteiger partial charge in [-0.1, -0.05) is 43.6 Å². The van der Waals surface area contributed by atoms with E-state index in [9.17, 15) is 4.79 Å². The molecule has 1 aromatic carbocycles. The number of pyridine rings is 1. The third-order valence-electron chi connectivity index (χ3n) is 5.76. The quantitative estimate of drug-likeness (QED) is 0.233. The second kappa shape index (κ2) is 10.6. The lowest BCUT2D eigenvalue weighted by Crippen LogP contribution is -2.24. The number of aromatic nitrogens is 4. The highest BCUT2D eigenvalue weighted by Crippen LogP contribution is 2.29. The van der Waals surface area contributed by atoms with E-state index in [4.69, 9.17) is 20.9 Å². The number of fused-ring (bicyclic) bond motifs is 1. The molecule has 37 heavy (non-hydrogen) atoms. The topological polar surface area (TPSA) is 82.5 Å². The van der Waals surface area contributed by atoms with Gasteiger partial charge in [-0.25, -0.2) is 9.37 Å². The van der Waals surface area contributed by atoms with Crippen LogP contribution in [0.25, 0.3) is 28.6 Å². The smallest absolute Gasteiger partial charge is 0.306 e. The van der Waals surface area contributed by atoms with Gasteiger partial charge in [0.1, 0.15) is 17.1 Å². The van der Waals surface area contributed by atoms with Crippen molar-refractivity contribution in [3.05, 3.63) is 58.1 Å². The van der Waals surface area contributed by atoms with E-state index in [1.807, 2.05) is 23.6 Å². The molecule has 0 saturated heterocycles. The average Bonchev–Trinajstić information content (AvgIpc) is 3.44. The molecule has 0 unspecified atom stereocenters. The van der Waals surface area contributed by atoms with Crippen molar-refractivity contribution >= 4 is 23.2 Å². The van der Waals surface area contributed by atoms with Crippen molar-refractivity contribution in [1.29, 1.82) is 0 Å². The Morgan fingerprint density at radius 1 is 1.16 bits per heavy atom. The van der Waals surface area contributed by atoms with Gasteiger partial charge in [-0.3, -0.25) is 4.79 Å². The van der Waals surface area contributed by atoms with Crippen LogP contribution < -0.4 is 0 Å². The molecule has 196 valence electrons. The molecular weight excluding hydrogens is 495 g/mol. The first-order chi connectivity index (χ1) is 17.4. The number of carbonyl (C=O) groups excluding carboxylic acids is 1. The van der Waals surface area contributed by atoms with Crippen LogP contribution in [0.3, 0.4) is 0 Å². The first-order valence-electron chi connectivity index (χ1n) is 12.5. The Balaban J connectivity index is 1.59. The molecule has 0 aliphatic rings. The number of hydrogen-bond acceptors (Lipinski definition) is 6. The molecule has 0 amide bonds. The van der Waals surface area contributed by atoms with Crippen LogP contribution in [0.1, 0.15) is 64.7 Å². The highest BCUT2D eigenvalue weighted by atomic mass is 35.5. The fourth-order valence-corrected chi connectivity index (χ4v) is 4.51. The number of nitrogens with zero attached hydrogens (tertiary/aromatic N) is 4. The molecule has 0 N–H and O–H groups in total. The summed E-state index contributed by atoms with van der Waals surface area (Å²) in [5.41, 5.74) is 3.45. The zero-order valence-electron chi connectivity index (χ0n) is 22.1. The first-order valence-corrected chi connectivity index (χ1v) is 12.9. The van der Waals surface area contributed by atoms with Gasteiger partial charge in [0.05, 0.1) is 5.02 Å². The maximum atomic E-state index is 15.0. The van der Waals surface area contributed by atoms with Gasteiger partial charge in [0, 0.05) is 24.4 Å². The number of imidazole rings is 1. The van der Waals surface area contributed by atoms with Crippen LogP contribution in [0, 0.1) is 11.7 Å². The van der Waals surface area contributed by atoms with Gasteiger partial charge in [-0.2, -0.15) is 4.98 Å². The van der Waals surface area contributed by atoms with E-state index in [-0.39, 0.29) is 30.5 Å². The van der Waals surface area contributed by atoms with E-state index in [1.54, 1.807) is 33.0 Å². The number of aryl methyl sites for hydroxylation is 2. The van der Waals surface area contributed by atoms with Crippen molar-refractivity contribution in [2.24, 2.45) is 5.92 Å². The first kappa shape index (κ1) is 26.8. The summed E-state index contributed by atoms with van der Waals surface area (Å²) < 4.78 is 27.7. The molecule has 0 atom stereocenters. The van der Waals surface area contributed by atoms with Crippen molar-refractivity contribution in [3.8, 4) is 23.0 Å². The number of ether oxygens (including phenoxy) is 1. The van der Waals surface area contributed by atoms with Crippen LogP contribution in [0.15, 0.2) is 35.1 Å². The van der Waals surface area contributed by atoms with Crippen molar-refractivity contribution in [2.45, 2.75) is 72.8 Å². The van der Waals surface area contributed by atoms with Crippen LogP contribution >= 0.6 is 11.6 Å². The van der Waals surface area contributed by atoms with Gasteiger partial charge >= 0.3 is 5.97 Å². The Labute approximate surface area is 221 Å². The molecule has 0 saturated carbocycles. The molecule has 0 radical (unpaired) electrons. The number of carbonyl (C=O) groups is 1. The lowest BCUT2D eigenvalue weighted by molar-refractivity contribution is -0.154. The third kappa shape index (κ3) is 6.36. The van der Waals surface area contributed by atoms with Crippen LogP contribution in [-0.2, 0) is 28.8 Å². The average molecular weight is 527 g/mol. The highest BCUT2D eigenvalue weighted by Gasteiger charge is 2.21. The summed E-state index contributed by atoms with van der Waals surface area (Å²) in [7, 11) is 0. The zero-order valence-corrected chi connectivity index (χ0v) is 22.8. The number of halogens is 2. The predicted octanol–water partition coefficient (Wildman–Crippen LogP) is 6.88. The summed E-state index contributed by atoms with van der Waals surface area (Å²) in [5, 5.41) is 4.64. The second-order valence-electron chi connectivity index (χ2n) is 10.6. The Kier molecular flexibility index (Phi) is 7.69. The predicted molar refractivity (Wildman–Crippen MR) is 141 cm³/mol. The van der Waals surface area contributed by atoms with E-state index in [2.05, 4.69) is 29.0 Å². The van der Waals surface area contributed by atoms with E-state index in [1.165, 1.54) is 6.07 Å². The third-order valence-corrected chi connectivity index (χ3v) is 6.04. The summed E-state index contributed by atoms with van der Waals surface area (Å²) in [5.74, 6) is 0.191. The Hall–Kier alpha value is -3.26. The maximum Gasteiger partial charge on any atom is 0.306 e. The number of hydrogen-bond donors (Lipinski definition) is 0. The molecule has 3 aromatic heterocycles. The summed E-state index contributed by atoms with van der Waals surface area (Å²) in [6, 6.07) is 5.08. The Morgan fingerprint density at radius 3 is 2.59 bits per heavy atom. The highest BCUT2D eigenvalue weighted by molar-refractivity contribution is 6.33. The van der Waals surface area contributed by atoms with E-state index in [0.29, 0.717) is 39.8 Å². The van der Waals surface area contributed by atoms with Gasteiger partial charge in [0.15, 0.2) is 5.65 Å². The summed E-state index contributed by atoms with van der Waals surface area (Å²) in [6.45, 7) is 11.7. The molecule has 7 nitrogen and oxygen atoms in total. The SMILES string of the molecule is CCc1cc(CCC(=O)OC(C)(C)C)c(F)cc1-c1noc(-c2cn3cc(CC(C)C)cc(Cl)c3n2)n1. The van der Waals surface area contributed by atoms with E-state index >= 15 is 4.39 Å². The Morgan fingerprint density at radius 2 is 1.92 bits per heavy atom. The molecular formula is C28H32ClFN4O3. The van der Waals surface area contributed by atoms with Crippen LogP contribution in [-0.4, -0.2) is 31.1 Å². The fourth-order valence-electron chi connectivity index (χ4n) is 4.23. The molecule has 4 aromatic rings. The van der Waals surface area contributed by atoms with Gasteiger partial charge in [-0.05, 0) is 74.8 Å². The van der Waals surface area contributed by atoms with Crippen molar-refractivity contribution in [2.75, 3.05) is 0 Å². The number of rotatable bonds is 8. The minimum Gasteiger partial charge on any atom is -0.460 e. The maximum absolute atomic E-state index is 15.0. The number of benzene rings is 1. The lowest BCUT2D eigenvalue weighted by atomic mass is 9.98. The van der Waals surface area contributed by atoms with Crippen LogP contribution in [0.4, 0.5) is 4.39 Å². The lowest BCUT2D eigenvalue weighted by Gasteiger charge is -2.19. The summed E-state index contributed by atoms with van der Waals surface area (Å²) in [4.78, 5) is 21.2. The molecule has 0 bridgehead atoms. The van der Waals surface area contributed by atoms with Crippen LogP contribution in [0.5, 0.6) is 0 Å². The summed E-state index contributed by atoms with van der Waals surface area (Å²) in [6.07, 6.45) is 5.65. The standard InChI is InChI=1S/C28H32ClFN4O3/c1-7-18-12-19(8-9-24(35)36-28(4,5)6)22(30)13-20(18)25-32-27(37-33-25)23-15-34-14-17(10-16(2)3)11-21(29)26(34)31-23/h11-16H,7-10H2,1-6H3. The van der Waals surface area contributed by atoms with E-state index in [0.717, 1.165) is 17.5 Å². The molecule has 9 heteroatoms. The summed E-state index contributed by atoms with van der Waals surface area (Å²) >= 11 is 6.48. The van der Waals surface area contributed by atoms with Crippen molar-refractivity contribution in [1.82, 2.24) is 19.5 Å². The molecule has 0 aliphatic heterocycles. The second-order valence-corrected chi connectivity index (χ2v) is 11.0.